The van der Waals surface area contributed by atoms with Gasteiger partial charge in [-0.05, 0) is 54.2 Å². The molecule has 1 unspecified atom stereocenters. The average Bonchev–Trinajstić information content (AvgIpc) is 2.42. The van der Waals surface area contributed by atoms with Crippen LogP contribution in [-0.4, -0.2) is 11.7 Å². The van der Waals surface area contributed by atoms with Crippen molar-refractivity contribution in [1.82, 2.24) is 0 Å². The van der Waals surface area contributed by atoms with Crippen molar-refractivity contribution >= 4 is 11.6 Å². The van der Waals surface area contributed by atoms with E-state index in [0.717, 1.165) is 11.1 Å². The molecule has 1 N–H and O–H groups in total. The van der Waals surface area contributed by atoms with E-state index in [0.29, 0.717) is 12.8 Å². The van der Waals surface area contributed by atoms with Crippen LogP contribution in [0.3, 0.4) is 0 Å². The quantitative estimate of drug-likeness (QED) is 0.884. The molecule has 0 amide bonds. The molecule has 0 bridgehead atoms. The summed E-state index contributed by atoms with van der Waals surface area (Å²) in [6.45, 7) is -0.0409. The van der Waals surface area contributed by atoms with Gasteiger partial charge in [0.1, 0.15) is 11.6 Å². The van der Waals surface area contributed by atoms with Gasteiger partial charge in [-0.3, -0.25) is 0 Å². The number of aliphatic hydroxyl groups is 1. The molecule has 0 fully saturated rings. The van der Waals surface area contributed by atoms with Crippen LogP contribution in [-0.2, 0) is 12.8 Å². The lowest BCUT2D eigenvalue weighted by molar-refractivity contribution is 0.225. The number of halogens is 3. The average molecular weight is 297 g/mol. The van der Waals surface area contributed by atoms with Crippen LogP contribution < -0.4 is 0 Å². The molecule has 20 heavy (non-hydrogen) atoms. The minimum Gasteiger partial charge on any atom is -0.396 e. The van der Waals surface area contributed by atoms with E-state index in [-0.39, 0.29) is 23.4 Å². The molecule has 0 aliphatic heterocycles. The number of rotatable bonds is 5. The van der Waals surface area contributed by atoms with Crippen molar-refractivity contribution < 1.29 is 13.9 Å². The maximum atomic E-state index is 13.4. The summed E-state index contributed by atoms with van der Waals surface area (Å²) in [5.74, 6) is -0.847. The summed E-state index contributed by atoms with van der Waals surface area (Å²) in [6, 6.07) is 10.9. The smallest absolute Gasteiger partial charge is 0.142 e. The second-order valence-corrected chi connectivity index (χ2v) is 5.24. The Labute approximate surface area is 121 Å². The minimum absolute atomic E-state index is 0.0409. The van der Waals surface area contributed by atoms with Crippen LogP contribution in [0.15, 0.2) is 42.5 Å². The first-order valence-electron chi connectivity index (χ1n) is 6.37. The summed E-state index contributed by atoms with van der Waals surface area (Å²) in [7, 11) is 0. The Morgan fingerprint density at radius 1 is 1.00 bits per heavy atom. The first-order chi connectivity index (χ1) is 9.58. The van der Waals surface area contributed by atoms with E-state index >= 15 is 0 Å². The Bertz CT molecular complexity index is 586. The van der Waals surface area contributed by atoms with Crippen LogP contribution in [0.25, 0.3) is 0 Å². The second kappa shape index (κ2) is 6.82. The normalized spacial score (nSPS) is 12.4. The van der Waals surface area contributed by atoms with E-state index < -0.39 is 5.82 Å². The van der Waals surface area contributed by atoms with Gasteiger partial charge in [-0.25, -0.2) is 8.78 Å². The maximum Gasteiger partial charge on any atom is 0.142 e. The van der Waals surface area contributed by atoms with Crippen molar-refractivity contribution in [2.45, 2.75) is 12.8 Å². The van der Waals surface area contributed by atoms with Gasteiger partial charge in [-0.2, -0.15) is 0 Å². The first-order valence-corrected chi connectivity index (χ1v) is 6.75. The maximum absolute atomic E-state index is 13.4. The van der Waals surface area contributed by atoms with Gasteiger partial charge in [-0.1, -0.05) is 29.8 Å². The molecule has 2 rings (SSSR count). The third-order valence-electron chi connectivity index (χ3n) is 3.18. The van der Waals surface area contributed by atoms with E-state index in [1.54, 1.807) is 12.1 Å². The summed E-state index contributed by atoms with van der Waals surface area (Å²) in [5.41, 5.74) is 1.58. The van der Waals surface area contributed by atoms with Crippen LogP contribution in [0.1, 0.15) is 11.1 Å². The van der Waals surface area contributed by atoms with E-state index in [1.165, 1.54) is 24.3 Å². The fourth-order valence-corrected chi connectivity index (χ4v) is 2.32. The Morgan fingerprint density at radius 3 is 2.30 bits per heavy atom. The van der Waals surface area contributed by atoms with Crippen LogP contribution in [0.4, 0.5) is 8.78 Å². The molecular formula is C16H15ClF2O. The molecule has 0 spiro atoms. The Morgan fingerprint density at radius 2 is 1.70 bits per heavy atom. The first kappa shape index (κ1) is 14.9. The van der Waals surface area contributed by atoms with Crippen LogP contribution in [0.2, 0.25) is 5.02 Å². The van der Waals surface area contributed by atoms with E-state index in [2.05, 4.69) is 0 Å². The largest absolute Gasteiger partial charge is 0.396 e. The Balaban J connectivity index is 2.07. The number of aliphatic hydroxyl groups excluding tert-OH is 1. The molecule has 0 heterocycles. The van der Waals surface area contributed by atoms with Gasteiger partial charge in [0.05, 0.1) is 5.02 Å². The highest BCUT2D eigenvalue weighted by Gasteiger charge is 2.11. The third kappa shape index (κ3) is 4.02. The molecule has 0 radical (unpaired) electrons. The van der Waals surface area contributed by atoms with Gasteiger partial charge in [0.25, 0.3) is 0 Å². The summed E-state index contributed by atoms with van der Waals surface area (Å²) < 4.78 is 26.5. The monoisotopic (exact) mass is 296 g/mol. The fourth-order valence-electron chi connectivity index (χ4n) is 2.20. The molecule has 0 aliphatic carbocycles. The van der Waals surface area contributed by atoms with Crippen molar-refractivity contribution in [2.24, 2.45) is 5.92 Å². The van der Waals surface area contributed by atoms with Gasteiger partial charge in [0.15, 0.2) is 0 Å². The lowest BCUT2D eigenvalue weighted by Crippen LogP contribution is -2.13. The third-order valence-corrected chi connectivity index (χ3v) is 3.49. The second-order valence-electron chi connectivity index (χ2n) is 4.84. The van der Waals surface area contributed by atoms with Gasteiger partial charge in [-0.15, -0.1) is 0 Å². The molecule has 106 valence electrons. The topological polar surface area (TPSA) is 20.2 Å². The van der Waals surface area contributed by atoms with Gasteiger partial charge >= 0.3 is 0 Å². The van der Waals surface area contributed by atoms with E-state index in [4.69, 9.17) is 11.6 Å². The zero-order chi connectivity index (χ0) is 14.5. The molecule has 0 saturated carbocycles. The lowest BCUT2D eigenvalue weighted by Gasteiger charge is -2.14. The van der Waals surface area contributed by atoms with Gasteiger partial charge < -0.3 is 5.11 Å². The Hall–Kier alpha value is -1.45. The molecule has 1 nitrogen and oxygen atoms in total. The van der Waals surface area contributed by atoms with Crippen LogP contribution >= 0.6 is 11.6 Å². The zero-order valence-corrected chi connectivity index (χ0v) is 11.6. The molecule has 2 aromatic carbocycles. The lowest BCUT2D eigenvalue weighted by atomic mass is 9.93. The predicted molar refractivity (Wildman–Crippen MR) is 75.8 cm³/mol. The van der Waals surface area contributed by atoms with Crippen molar-refractivity contribution in [3.63, 3.8) is 0 Å². The van der Waals surface area contributed by atoms with Crippen LogP contribution in [0.5, 0.6) is 0 Å². The number of benzene rings is 2. The molecule has 0 aliphatic rings. The highest BCUT2D eigenvalue weighted by Crippen LogP contribution is 2.20. The molecule has 0 aromatic heterocycles. The van der Waals surface area contributed by atoms with Crippen molar-refractivity contribution in [3.8, 4) is 0 Å². The van der Waals surface area contributed by atoms with Crippen molar-refractivity contribution in [3.05, 3.63) is 70.2 Å². The summed E-state index contributed by atoms with van der Waals surface area (Å²) in [4.78, 5) is 0. The van der Waals surface area contributed by atoms with Crippen LogP contribution in [0, 0.1) is 17.6 Å². The number of hydrogen-bond donors (Lipinski definition) is 1. The SMILES string of the molecule is OCC(Cc1cccc(F)c1)Cc1ccc(Cl)c(F)c1. The summed E-state index contributed by atoms with van der Waals surface area (Å²) in [6.07, 6.45) is 1.06. The van der Waals surface area contributed by atoms with Gasteiger partial charge in [0.2, 0.25) is 0 Å². The fraction of sp³-hybridized carbons (Fsp3) is 0.250. The van der Waals surface area contributed by atoms with Crippen molar-refractivity contribution in [2.75, 3.05) is 6.61 Å². The zero-order valence-electron chi connectivity index (χ0n) is 10.8. The standard InChI is InChI=1S/C16H15ClF2O/c17-15-5-4-12(9-16(15)19)7-13(10-20)6-11-2-1-3-14(18)8-11/h1-5,8-9,13,20H,6-7,10H2. The highest BCUT2D eigenvalue weighted by atomic mass is 35.5. The predicted octanol–water partition coefficient (Wildman–Crippen LogP) is 4.01. The molecule has 4 heteroatoms. The highest BCUT2D eigenvalue weighted by molar-refractivity contribution is 6.30. The molecule has 2 aromatic rings. The Kier molecular flexibility index (Phi) is 5.10. The van der Waals surface area contributed by atoms with Gasteiger partial charge in [0, 0.05) is 6.61 Å². The molecular weight excluding hydrogens is 282 g/mol. The summed E-state index contributed by atoms with van der Waals surface area (Å²) >= 11 is 5.63. The molecule has 0 saturated heterocycles. The van der Waals surface area contributed by atoms with Crippen molar-refractivity contribution in [1.29, 1.82) is 0 Å². The number of hydrogen-bond acceptors (Lipinski definition) is 1. The summed E-state index contributed by atoms with van der Waals surface area (Å²) in [5, 5.41) is 9.51. The van der Waals surface area contributed by atoms with E-state index in [1.807, 2.05) is 6.07 Å². The molecule has 1 atom stereocenters. The minimum atomic E-state index is -0.466. The van der Waals surface area contributed by atoms with E-state index in [9.17, 15) is 13.9 Å².